The Kier molecular flexibility index (Phi) is 6.52. The van der Waals surface area contributed by atoms with E-state index in [1.54, 1.807) is 6.08 Å². The van der Waals surface area contributed by atoms with Gasteiger partial charge >= 0.3 is 5.97 Å². The monoisotopic (exact) mass is 621 g/mol. The topological polar surface area (TPSA) is 47.9 Å². The maximum atomic E-state index is 12.2. The van der Waals surface area contributed by atoms with Crippen molar-refractivity contribution < 1.29 is 14.3 Å². The Bertz CT molecular complexity index is 1170. The summed E-state index contributed by atoms with van der Waals surface area (Å²) in [7, 11) is 0. The number of aryl methyl sites for hydroxylation is 1. The molecule has 0 atom stereocenters. The Balaban J connectivity index is 1.46. The van der Waals surface area contributed by atoms with Gasteiger partial charge in [0.15, 0.2) is 5.70 Å². The lowest BCUT2D eigenvalue weighted by molar-refractivity contribution is -0.129. The third-order valence-electron chi connectivity index (χ3n) is 4.50. The maximum absolute atomic E-state index is 12.2. The van der Waals surface area contributed by atoms with Crippen LogP contribution in [0.3, 0.4) is 0 Å². The Labute approximate surface area is 202 Å². The van der Waals surface area contributed by atoms with Gasteiger partial charge < -0.3 is 9.47 Å². The van der Waals surface area contributed by atoms with Crippen molar-refractivity contribution in [3.05, 3.63) is 102 Å². The average Bonchev–Trinajstić information content (AvgIpc) is 3.10. The first-order valence-electron chi connectivity index (χ1n) is 9.24. The lowest BCUT2D eigenvalue weighted by Crippen LogP contribution is -2.05. The molecule has 0 saturated heterocycles. The minimum absolute atomic E-state index is 0.286. The van der Waals surface area contributed by atoms with Gasteiger partial charge in [0.25, 0.3) is 0 Å². The zero-order valence-corrected chi connectivity index (χ0v) is 20.4. The molecule has 0 saturated carbocycles. The molecule has 0 radical (unpaired) electrons. The molecule has 0 aliphatic carbocycles. The predicted octanol–water partition coefficient (Wildman–Crippen LogP) is 6.13. The maximum Gasteiger partial charge on any atom is 0.363 e. The molecule has 0 fully saturated rings. The smallest absolute Gasteiger partial charge is 0.363 e. The number of esters is 1. The number of ether oxygens (including phenoxy) is 2. The number of halogens is 2. The number of benzene rings is 3. The van der Waals surface area contributed by atoms with Gasteiger partial charge in [0.2, 0.25) is 5.90 Å². The number of aliphatic imine (C=N–C) groups is 1. The molecule has 0 amide bonds. The first-order valence-corrected chi connectivity index (χ1v) is 11.4. The van der Waals surface area contributed by atoms with Gasteiger partial charge in [0.05, 0.1) is 0 Å². The summed E-state index contributed by atoms with van der Waals surface area (Å²) in [6, 6.07) is 21.6. The van der Waals surface area contributed by atoms with Crippen LogP contribution in [0, 0.1) is 14.1 Å². The summed E-state index contributed by atoms with van der Waals surface area (Å²) < 4.78 is 13.5. The van der Waals surface area contributed by atoms with Crippen LogP contribution in [0.5, 0.6) is 5.75 Å². The first-order chi connectivity index (χ1) is 14.5. The van der Waals surface area contributed by atoms with Crippen molar-refractivity contribution in [2.75, 3.05) is 0 Å². The molecule has 4 nitrogen and oxygen atoms in total. The van der Waals surface area contributed by atoms with Crippen molar-refractivity contribution in [1.29, 1.82) is 0 Å². The van der Waals surface area contributed by atoms with Crippen LogP contribution in [0.15, 0.2) is 77.4 Å². The van der Waals surface area contributed by atoms with Gasteiger partial charge in [0, 0.05) is 12.7 Å². The molecule has 0 spiro atoms. The molecule has 3 aromatic rings. The Morgan fingerprint density at radius 2 is 1.83 bits per heavy atom. The molecule has 0 unspecified atom stereocenters. The fraction of sp³-hybridized carbons (Fsp3) is 0.0833. The van der Waals surface area contributed by atoms with E-state index in [0.717, 1.165) is 31.6 Å². The van der Waals surface area contributed by atoms with Gasteiger partial charge in [-0.2, -0.15) is 0 Å². The number of hydrogen-bond donors (Lipinski definition) is 0. The van der Waals surface area contributed by atoms with Gasteiger partial charge in [-0.25, -0.2) is 9.79 Å². The van der Waals surface area contributed by atoms with Crippen LogP contribution < -0.4 is 4.74 Å². The summed E-state index contributed by atoms with van der Waals surface area (Å²) in [4.78, 5) is 16.6. The highest BCUT2D eigenvalue weighted by atomic mass is 127. The lowest BCUT2D eigenvalue weighted by atomic mass is 10.1. The van der Waals surface area contributed by atoms with Gasteiger partial charge in [-0.1, -0.05) is 24.3 Å². The number of cyclic esters (lactones) is 1. The molecule has 150 valence electrons. The van der Waals surface area contributed by atoms with Crippen LogP contribution in [0.4, 0.5) is 0 Å². The van der Waals surface area contributed by atoms with E-state index in [1.807, 2.05) is 67.6 Å². The van der Waals surface area contributed by atoms with Crippen LogP contribution >= 0.6 is 45.2 Å². The molecular weight excluding hydrogens is 604 g/mol. The number of carbonyl (C=O) groups is 1. The summed E-state index contributed by atoms with van der Waals surface area (Å²) in [5.41, 5.74) is 4.17. The van der Waals surface area contributed by atoms with E-state index >= 15 is 0 Å². The van der Waals surface area contributed by atoms with E-state index in [-0.39, 0.29) is 5.70 Å². The summed E-state index contributed by atoms with van der Waals surface area (Å²) >= 11 is 4.56. The highest BCUT2D eigenvalue weighted by molar-refractivity contribution is 14.1. The minimum Gasteiger partial charge on any atom is -0.489 e. The van der Waals surface area contributed by atoms with Gasteiger partial charge in [0.1, 0.15) is 12.4 Å². The third kappa shape index (κ3) is 5.10. The quantitative estimate of drug-likeness (QED) is 0.196. The second kappa shape index (κ2) is 9.30. The van der Waals surface area contributed by atoms with E-state index in [9.17, 15) is 4.79 Å². The summed E-state index contributed by atoms with van der Waals surface area (Å²) in [5.74, 6) is 0.659. The van der Waals surface area contributed by atoms with Crippen LogP contribution in [0.2, 0.25) is 0 Å². The second-order valence-corrected chi connectivity index (χ2v) is 9.20. The van der Waals surface area contributed by atoms with Crippen LogP contribution in [0.1, 0.15) is 22.3 Å². The summed E-state index contributed by atoms with van der Waals surface area (Å²) in [5, 5.41) is 0. The van der Waals surface area contributed by atoms with E-state index in [1.165, 1.54) is 3.57 Å². The lowest BCUT2D eigenvalue weighted by Gasteiger charge is -2.07. The molecule has 6 heteroatoms. The van der Waals surface area contributed by atoms with Crippen LogP contribution in [-0.2, 0) is 16.1 Å². The molecule has 1 heterocycles. The van der Waals surface area contributed by atoms with E-state index in [2.05, 4.69) is 56.2 Å². The van der Waals surface area contributed by atoms with Gasteiger partial charge in [-0.05, 0) is 117 Å². The van der Waals surface area contributed by atoms with Crippen molar-refractivity contribution in [1.82, 2.24) is 0 Å². The van der Waals surface area contributed by atoms with Crippen molar-refractivity contribution >= 4 is 63.1 Å². The van der Waals surface area contributed by atoms with Crippen LogP contribution in [0.25, 0.3) is 6.08 Å². The van der Waals surface area contributed by atoms with Gasteiger partial charge in [-0.15, -0.1) is 0 Å². The highest BCUT2D eigenvalue weighted by Gasteiger charge is 2.24. The zero-order chi connectivity index (χ0) is 21.1. The molecule has 0 N–H and O–H groups in total. The van der Waals surface area contributed by atoms with Crippen LogP contribution in [-0.4, -0.2) is 11.9 Å². The normalized spacial score (nSPS) is 14.6. The molecule has 1 aliphatic heterocycles. The third-order valence-corrected chi connectivity index (χ3v) is 6.38. The number of carbonyl (C=O) groups excluding carboxylic acids is 1. The van der Waals surface area contributed by atoms with Gasteiger partial charge in [-0.3, -0.25) is 0 Å². The van der Waals surface area contributed by atoms with E-state index in [4.69, 9.17) is 9.47 Å². The van der Waals surface area contributed by atoms with Crippen molar-refractivity contribution in [2.45, 2.75) is 13.5 Å². The Hall–Kier alpha value is -2.20. The number of hydrogen-bond acceptors (Lipinski definition) is 4. The molecular formula is C24H17I2NO3. The second-order valence-electron chi connectivity index (χ2n) is 6.79. The summed E-state index contributed by atoms with van der Waals surface area (Å²) in [6.07, 6.45) is 1.72. The predicted molar refractivity (Wildman–Crippen MR) is 134 cm³/mol. The van der Waals surface area contributed by atoms with E-state index < -0.39 is 5.97 Å². The Morgan fingerprint density at radius 3 is 2.57 bits per heavy atom. The number of rotatable bonds is 5. The molecule has 30 heavy (non-hydrogen) atoms. The fourth-order valence-corrected chi connectivity index (χ4v) is 3.87. The first kappa shape index (κ1) is 21.0. The zero-order valence-electron chi connectivity index (χ0n) is 16.1. The number of nitrogens with zero attached hydrogens (tertiary/aromatic N) is 1. The molecule has 3 aromatic carbocycles. The minimum atomic E-state index is -0.444. The van der Waals surface area contributed by atoms with Crippen molar-refractivity contribution in [2.24, 2.45) is 4.99 Å². The van der Waals surface area contributed by atoms with E-state index in [0.29, 0.717) is 12.5 Å². The van der Waals surface area contributed by atoms with Crippen molar-refractivity contribution in [3.8, 4) is 5.75 Å². The molecule has 4 rings (SSSR count). The molecule has 1 aliphatic rings. The Morgan fingerprint density at radius 1 is 1.03 bits per heavy atom. The molecule has 0 aromatic heterocycles. The molecule has 0 bridgehead atoms. The fourth-order valence-electron chi connectivity index (χ4n) is 2.92. The highest BCUT2D eigenvalue weighted by Crippen LogP contribution is 2.22. The largest absolute Gasteiger partial charge is 0.489 e. The SMILES string of the molecule is Cc1cc(C2=N/C(=C\c3ccc(OCc4cccc(I)c4)cc3)C(=O)O2)ccc1I. The van der Waals surface area contributed by atoms with Crippen molar-refractivity contribution in [3.63, 3.8) is 0 Å². The average molecular weight is 621 g/mol. The standard InChI is InChI=1S/C24H17I2NO3/c1-15-11-18(7-10-21(15)26)23-27-22(24(28)30-23)13-16-5-8-20(9-6-16)29-14-17-3-2-4-19(25)12-17/h2-13H,14H2,1H3/b22-13-. The summed E-state index contributed by atoms with van der Waals surface area (Å²) in [6.45, 7) is 2.52.